The normalized spacial score (nSPS) is 10.0. The molecule has 0 saturated carbocycles. The van der Waals surface area contributed by atoms with Crippen molar-refractivity contribution < 1.29 is 14.7 Å². The predicted octanol–water partition coefficient (Wildman–Crippen LogP) is 0.144. The van der Waals surface area contributed by atoms with Gasteiger partial charge in [-0.25, -0.2) is 5.43 Å². The molecule has 1 aromatic rings. The van der Waals surface area contributed by atoms with Gasteiger partial charge in [0.25, 0.3) is 0 Å². The molecule has 0 atom stereocenters. The zero-order chi connectivity index (χ0) is 13.4. The van der Waals surface area contributed by atoms with E-state index in [1.807, 2.05) is 0 Å². The van der Waals surface area contributed by atoms with Crippen LogP contribution in [0.5, 0.6) is 5.75 Å². The lowest BCUT2D eigenvalue weighted by molar-refractivity contribution is -0.139. The minimum atomic E-state index is -0.855. The second-order valence-electron chi connectivity index (χ2n) is 3.29. The molecule has 0 fully saturated rings. The Morgan fingerprint density at radius 1 is 1.28 bits per heavy atom. The number of phenols is 1. The molecule has 18 heavy (non-hydrogen) atoms. The Labute approximate surface area is 104 Å². The maximum atomic E-state index is 11.2. The molecule has 0 aliphatic rings. The highest BCUT2D eigenvalue weighted by Crippen LogP contribution is 2.07. The van der Waals surface area contributed by atoms with Gasteiger partial charge in [0.05, 0.1) is 6.21 Å². The molecule has 94 valence electrons. The van der Waals surface area contributed by atoms with Crippen molar-refractivity contribution >= 4 is 18.0 Å². The molecule has 2 amide bonds. The van der Waals surface area contributed by atoms with E-state index in [4.69, 9.17) is 5.11 Å². The van der Waals surface area contributed by atoms with Gasteiger partial charge in [0.2, 0.25) is 0 Å². The molecular formula is C12H13N3O3. The summed E-state index contributed by atoms with van der Waals surface area (Å²) < 4.78 is 0. The van der Waals surface area contributed by atoms with E-state index in [0.717, 1.165) is 0 Å². The third-order valence-corrected chi connectivity index (χ3v) is 1.89. The van der Waals surface area contributed by atoms with Crippen molar-refractivity contribution in [2.75, 3.05) is 6.54 Å². The molecule has 0 bridgehead atoms. The molecule has 0 spiro atoms. The molecular weight excluding hydrogens is 234 g/mol. The van der Waals surface area contributed by atoms with E-state index in [1.54, 1.807) is 12.1 Å². The molecule has 0 aliphatic heterocycles. The van der Waals surface area contributed by atoms with Crippen molar-refractivity contribution in [2.45, 2.75) is 0 Å². The first-order valence-electron chi connectivity index (χ1n) is 5.14. The highest BCUT2D eigenvalue weighted by molar-refractivity contribution is 6.35. The number of hydrogen-bond acceptors (Lipinski definition) is 4. The van der Waals surface area contributed by atoms with Crippen LogP contribution in [0.3, 0.4) is 0 Å². The quantitative estimate of drug-likeness (QED) is 0.306. The van der Waals surface area contributed by atoms with Crippen LogP contribution in [0, 0.1) is 0 Å². The van der Waals surface area contributed by atoms with Gasteiger partial charge in [0.15, 0.2) is 0 Å². The first-order chi connectivity index (χ1) is 8.63. The van der Waals surface area contributed by atoms with Crippen LogP contribution in [0.25, 0.3) is 0 Å². The Hall–Kier alpha value is -2.63. The number of aromatic hydroxyl groups is 1. The van der Waals surface area contributed by atoms with Gasteiger partial charge in [-0.15, -0.1) is 6.58 Å². The number of phenolic OH excluding ortho intramolecular Hbond substituents is 1. The Morgan fingerprint density at radius 3 is 2.56 bits per heavy atom. The predicted molar refractivity (Wildman–Crippen MR) is 67.1 cm³/mol. The lowest BCUT2D eigenvalue weighted by Crippen LogP contribution is -2.37. The van der Waals surface area contributed by atoms with Gasteiger partial charge in [-0.05, 0) is 29.8 Å². The second kappa shape index (κ2) is 6.85. The number of carbonyl (C=O) groups is 2. The van der Waals surface area contributed by atoms with Crippen LogP contribution >= 0.6 is 0 Å². The fraction of sp³-hybridized carbons (Fsp3) is 0.0833. The SMILES string of the molecule is C=CCNC(=O)C(=O)N/N=C/c1ccc(O)cc1. The van der Waals surface area contributed by atoms with E-state index in [0.29, 0.717) is 5.56 Å². The number of amides is 2. The number of benzene rings is 1. The van der Waals surface area contributed by atoms with Crippen molar-refractivity contribution in [3.8, 4) is 5.75 Å². The number of nitrogens with one attached hydrogen (secondary N) is 2. The van der Waals surface area contributed by atoms with Gasteiger partial charge in [-0.1, -0.05) is 6.08 Å². The van der Waals surface area contributed by atoms with Crippen LogP contribution in [0.4, 0.5) is 0 Å². The van der Waals surface area contributed by atoms with E-state index in [-0.39, 0.29) is 12.3 Å². The largest absolute Gasteiger partial charge is 0.508 e. The summed E-state index contributed by atoms with van der Waals surface area (Å²) in [5.41, 5.74) is 2.76. The molecule has 6 nitrogen and oxygen atoms in total. The fourth-order valence-corrected chi connectivity index (χ4v) is 1.02. The molecule has 0 saturated heterocycles. The standard InChI is InChI=1S/C12H13N3O3/c1-2-7-13-11(17)12(18)15-14-8-9-3-5-10(16)6-4-9/h2-6,8,16H,1,7H2,(H,13,17)(H,15,18)/b14-8+. The summed E-state index contributed by atoms with van der Waals surface area (Å²) in [6.07, 6.45) is 2.82. The smallest absolute Gasteiger partial charge is 0.329 e. The third kappa shape index (κ3) is 4.48. The van der Waals surface area contributed by atoms with Crippen molar-refractivity contribution in [1.29, 1.82) is 0 Å². The van der Waals surface area contributed by atoms with Crippen LogP contribution in [0.2, 0.25) is 0 Å². The minimum absolute atomic E-state index is 0.139. The lowest BCUT2D eigenvalue weighted by atomic mass is 10.2. The van der Waals surface area contributed by atoms with Crippen LogP contribution in [0.15, 0.2) is 42.0 Å². The van der Waals surface area contributed by atoms with Crippen LogP contribution in [-0.4, -0.2) is 29.7 Å². The van der Waals surface area contributed by atoms with Gasteiger partial charge in [-0.3, -0.25) is 9.59 Å². The highest BCUT2D eigenvalue weighted by atomic mass is 16.3. The monoisotopic (exact) mass is 247 g/mol. The third-order valence-electron chi connectivity index (χ3n) is 1.89. The average Bonchev–Trinajstić information content (AvgIpc) is 2.38. The summed E-state index contributed by atoms with van der Waals surface area (Å²) in [7, 11) is 0. The highest BCUT2D eigenvalue weighted by Gasteiger charge is 2.10. The Balaban J connectivity index is 2.44. The number of hydrogen-bond donors (Lipinski definition) is 3. The number of hydrazone groups is 1. The van der Waals surface area contributed by atoms with Crippen molar-refractivity contribution in [2.24, 2.45) is 5.10 Å². The molecule has 1 aromatic carbocycles. The van der Waals surface area contributed by atoms with E-state index >= 15 is 0 Å². The summed E-state index contributed by atoms with van der Waals surface area (Å²) in [4.78, 5) is 22.3. The molecule has 0 radical (unpaired) electrons. The van der Waals surface area contributed by atoms with Gasteiger partial charge in [-0.2, -0.15) is 5.10 Å². The summed E-state index contributed by atoms with van der Waals surface area (Å²) in [5.74, 6) is -1.50. The number of nitrogens with zero attached hydrogens (tertiary/aromatic N) is 1. The first kappa shape index (κ1) is 13.4. The van der Waals surface area contributed by atoms with Crippen LogP contribution < -0.4 is 10.7 Å². The van der Waals surface area contributed by atoms with Crippen LogP contribution in [0.1, 0.15) is 5.56 Å². The second-order valence-corrected chi connectivity index (χ2v) is 3.29. The zero-order valence-electron chi connectivity index (χ0n) is 9.59. The summed E-state index contributed by atoms with van der Waals surface area (Å²) in [6.45, 7) is 3.62. The van der Waals surface area contributed by atoms with Gasteiger partial charge < -0.3 is 10.4 Å². The lowest BCUT2D eigenvalue weighted by Gasteiger charge is -1.99. The van der Waals surface area contributed by atoms with Crippen molar-refractivity contribution in [3.05, 3.63) is 42.5 Å². The zero-order valence-corrected chi connectivity index (χ0v) is 9.59. The maximum absolute atomic E-state index is 11.2. The Morgan fingerprint density at radius 2 is 1.94 bits per heavy atom. The molecule has 0 heterocycles. The van der Waals surface area contributed by atoms with Gasteiger partial charge >= 0.3 is 11.8 Å². The van der Waals surface area contributed by atoms with E-state index in [2.05, 4.69) is 22.4 Å². The molecule has 6 heteroatoms. The summed E-state index contributed by atoms with van der Waals surface area (Å²) >= 11 is 0. The van der Waals surface area contributed by atoms with Crippen molar-refractivity contribution in [1.82, 2.24) is 10.7 Å². The Bertz CT molecular complexity index is 466. The summed E-state index contributed by atoms with van der Waals surface area (Å²) in [6, 6.07) is 6.20. The molecule has 1 rings (SSSR count). The molecule has 0 aromatic heterocycles. The number of rotatable bonds is 4. The Kier molecular flexibility index (Phi) is 5.11. The first-order valence-corrected chi connectivity index (χ1v) is 5.14. The van der Waals surface area contributed by atoms with E-state index in [1.165, 1.54) is 24.4 Å². The van der Waals surface area contributed by atoms with Gasteiger partial charge in [0.1, 0.15) is 5.75 Å². The van der Waals surface area contributed by atoms with E-state index < -0.39 is 11.8 Å². The fourth-order valence-electron chi connectivity index (χ4n) is 1.02. The average molecular weight is 247 g/mol. The molecule has 0 aliphatic carbocycles. The topological polar surface area (TPSA) is 90.8 Å². The summed E-state index contributed by atoms with van der Waals surface area (Å²) in [5, 5.41) is 15.0. The molecule has 3 N–H and O–H groups in total. The molecule has 0 unspecified atom stereocenters. The van der Waals surface area contributed by atoms with E-state index in [9.17, 15) is 9.59 Å². The maximum Gasteiger partial charge on any atom is 0.329 e. The van der Waals surface area contributed by atoms with Crippen molar-refractivity contribution in [3.63, 3.8) is 0 Å². The number of carbonyl (C=O) groups excluding carboxylic acids is 2. The van der Waals surface area contributed by atoms with Crippen LogP contribution in [-0.2, 0) is 9.59 Å². The van der Waals surface area contributed by atoms with Gasteiger partial charge in [0, 0.05) is 6.54 Å². The minimum Gasteiger partial charge on any atom is -0.508 e.